The SMILES string of the molecule is CC1SCCSC1C(=O)C(C)(C)C. The van der Waals surface area contributed by atoms with E-state index < -0.39 is 0 Å². The first kappa shape index (κ1) is 11.4. The Morgan fingerprint density at radius 3 is 2.23 bits per heavy atom. The molecule has 0 aromatic carbocycles. The van der Waals surface area contributed by atoms with Gasteiger partial charge in [-0.1, -0.05) is 27.7 Å². The fourth-order valence-corrected chi connectivity index (χ4v) is 4.29. The van der Waals surface area contributed by atoms with E-state index in [0.717, 1.165) is 5.75 Å². The van der Waals surface area contributed by atoms with Crippen molar-refractivity contribution in [2.45, 2.75) is 38.2 Å². The molecule has 1 fully saturated rings. The summed E-state index contributed by atoms with van der Waals surface area (Å²) in [5.74, 6) is 2.73. The molecule has 13 heavy (non-hydrogen) atoms. The van der Waals surface area contributed by atoms with Gasteiger partial charge in [-0.2, -0.15) is 11.8 Å². The van der Waals surface area contributed by atoms with Crippen LogP contribution in [0, 0.1) is 5.41 Å². The number of Topliss-reactive ketones (excluding diaryl/α,β-unsaturated/α-hetero) is 1. The van der Waals surface area contributed by atoms with Gasteiger partial charge in [0.15, 0.2) is 5.78 Å². The summed E-state index contributed by atoms with van der Waals surface area (Å²) in [5.41, 5.74) is -0.177. The summed E-state index contributed by atoms with van der Waals surface area (Å²) in [5, 5.41) is 0.712. The summed E-state index contributed by atoms with van der Waals surface area (Å²) >= 11 is 3.76. The molecule has 0 aromatic heterocycles. The molecule has 1 aliphatic heterocycles. The first-order valence-corrected chi connectivity index (χ1v) is 6.80. The Morgan fingerprint density at radius 1 is 1.23 bits per heavy atom. The van der Waals surface area contributed by atoms with E-state index >= 15 is 0 Å². The maximum atomic E-state index is 12.0. The third-order valence-corrected chi connectivity index (χ3v) is 5.28. The van der Waals surface area contributed by atoms with Gasteiger partial charge in [0.25, 0.3) is 0 Å². The number of hydrogen-bond acceptors (Lipinski definition) is 3. The second-order valence-electron chi connectivity index (χ2n) is 4.48. The van der Waals surface area contributed by atoms with E-state index in [9.17, 15) is 4.79 Å². The molecule has 3 heteroatoms. The van der Waals surface area contributed by atoms with Gasteiger partial charge in [-0.15, -0.1) is 11.8 Å². The van der Waals surface area contributed by atoms with Crippen LogP contribution < -0.4 is 0 Å². The second kappa shape index (κ2) is 4.26. The minimum atomic E-state index is -0.177. The zero-order valence-electron chi connectivity index (χ0n) is 8.79. The van der Waals surface area contributed by atoms with Crippen LogP contribution in [0.5, 0.6) is 0 Å². The van der Waals surface area contributed by atoms with Crippen molar-refractivity contribution in [3.8, 4) is 0 Å². The van der Waals surface area contributed by atoms with E-state index in [0.29, 0.717) is 11.0 Å². The van der Waals surface area contributed by atoms with E-state index in [1.54, 1.807) is 0 Å². The third kappa shape index (κ3) is 2.91. The molecule has 0 aliphatic carbocycles. The summed E-state index contributed by atoms with van der Waals surface area (Å²) in [6.45, 7) is 8.22. The van der Waals surface area contributed by atoms with Crippen LogP contribution in [0.1, 0.15) is 27.7 Å². The number of ketones is 1. The van der Waals surface area contributed by atoms with Crippen molar-refractivity contribution in [2.75, 3.05) is 11.5 Å². The normalized spacial score (nSPS) is 30.2. The largest absolute Gasteiger partial charge is 0.298 e. The van der Waals surface area contributed by atoms with Crippen LogP contribution in [0.15, 0.2) is 0 Å². The minimum absolute atomic E-state index is 0.177. The van der Waals surface area contributed by atoms with Gasteiger partial charge in [0.2, 0.25) is 0 Å². The lowest BCUT2D eigenvalue weighted by Gasteiger charge is -2.31. The average molecular weight is 218 g/mol. The summed E-state index contributed by atoms with van der Waals surface area (Å²) in [7, 11) is 0. The van der Waals surface area contributed by atoms with Gasteiger partial charge in [-0.3, -0.25) is 4.79 Å². The molecule has 1 heterocycles. The smallest absolute Gasteiger partial charge is 0.152 e. The summed E-state index contributed by atoms with van der Waals surface area (Å²) in [4.78, 5) is 12.0. The monoisotopic (exact) mass is 218 g/mol. The molecular formula is C10H18OS2. The molecule has 0 bridgehead atoms. The zero-order chi connectivity index (χ0) is 10.1. The Kier molecular flexibility index (Phi) is 3.75. The fourth-order valence-electron chi connectivity index (χ4n) is 1.35. The summed E-state index contributed by atoms with van der Waals surface area (Å²) in [6, 6.07) is 0. The van der Waals surface area contributed by atoms with Gasteiger partial charge in [0.05, 0.1) is 5.25 Å². The number of rotatable bonds is 1. The topological polar surface area (TPSA) is 17.1 Å². The van der Waals surface area contributed by atoms with Gasteiger partial charge in [-0.05, 0) is 0 Å². The molecule has 2 atom stereocenters. The molecule has 0 N–H and O–H groups in total. The Labute approximate surface area is 89.4 Å². The van der Waals surface area contributed by atoms with Gasteiger partial charge in [0.1, 0.15) is 0 Å². The first-order valence-electron chi connectivity index (χ1n) is 4.70. The Bertz CT molecular complexity index is 196. The van der Waals surface area contributed by atoms with Crippen molar-refractivity contribution in [1.29, 1.82) is 0 Å². The predicted octanol–water partition coefficient (Wildman–Crippen LogP) is 2.84. The van der Waals surface area contributed by atoms with E-state index in [-0.39, 0.29) is 10.7 Å². The first-order chi connectivity index (χ1) is 5.93. The molecule has 1 saturated heterocycles. The highest BCUT2D eigenvalue weighted by Crippen LogP contribution is 2.35. The molecule has 0 saturated carbocycles. The lowest BCUT2D eigenvalue weighted by Crippen LogP contribution is -2.38. The molecule has 1 nitrogen and oxygen atoms in total. The summed E-state index contributed by atoms with van der Waals surface area (Å²) < 4.78 is 0. The molecule has 0 aromatic rings. The van der Waals surface area contributed by atoms with Crippen LogP contribution in [-0.2, 0) is 4.79 Å². The fraction of sp³-hybridized carbons (Fsp3) is 0.900. The van der Waals surface area contributed by atoms with Crippen molar-refractivity contribution in [3.05, 3.63) is 0 Å². The van der Waals surface area contributed by atoms with E-state index in [4.69, 9.17) is 0 Å². The van der Waals surface area contributed by atoms with Crippen molar-refractivity contribution in [3.63, 3.8) is 0 Å². The maximum absolute atomic E-state index is 12.0. The van der Waals surface area contributed by atoms with Crippen LogP contribution in [-0.4, -0.2) is 27.8 Å². The second-order valence-corrected chi connectivity index (χ2v) is 7.22. The van der Waals surface area contributed by atoms with Gasteiger partial charge >= 0.3 is 0 Å². The molecule has 1 rings (SSSR count). The van der Waals surface area contributed by atoms with Gasteiger partial charge in [-0.25, -0.2) is 0 Å². The minimum Gasteiger partial charge on any atom is -0.298 e. The Morgan fingerprint density at radius 2 is 1.77 bits per heavy atom. The average Bonchev–Trinajstić information content (AvgIpc) is 2.02. The third-order valence-electron chi connectivity index (χ3n) is 2.19. The standard InChI is InChI=1S/C10H18OS2/c1-7-8(13-6-5-12-7)9(11)10(2,3)4/h7-8H,5-6H2,1-4H3. The van der Waals surface area contributed by atoms with Gasteiger partial charge < -0.3 is 0 Å². The molecule has 0 amide bonds. The van der Waals surface area contributed by atoms with E-state index in [1.807, 2.05) is 44.3 Å². The highest BCUT2D eigenvalue weighted by atomic mass is 32.2. The van der Waals surface area contributed by atoms with Crippen molar-refractivity contribution in [2.24, 2.45) is 5.41 Å². The predicted molar refractivity (Wildman–Crippen MR) is 62.6 cm³/mol. The van der Waals surface area contributed by atoms with E-state index in [2.05, 4.69) is 6.92 Å². The van der Waals surface area contributed by atoms with Crippen LogP contribution in [0.2, 0.25) is 0 Å². The summed E-state index contributed by atoms with van der Waals surface area (Å²) in [6.07, 6.45) is 0. The Balaban J connectivity index is 2.64. The van der Waals surface area contributed by atoms with E-state index in [1.165, 1.54) is 5.75 Å². The number of thioether (sulfide) groups is 2. The molecule has 0 spiro atoms. The highest BCUT2D eigenvalue weighted by molar-refractivity contribution is 8.07. The zero-order valence-corrected chi connectivity index (χ0v) is 10.4. The Hall–Kier alpha value is 0.370. The molecule has 2 unspecified atom stereocenters. The molecule has 1 aliphatic rings. The van der Waals surface area contributed by atoms with Crippen LogP contribution in [0.3, 0.4) is 0 Å². The number of carbonyl (C=O) groups is 1. The van der Waals surface area contributed by atoms with Gasteiger partial charge in [0, 0.05) is 22.2 Å². The van der Waals surface area contributed by atoms with Crippen LogP contribution in [0.25, 0.3) is 0 Å². The van der Waals surface area contributed by atoms with Crippen molar-refractivity contribution < 1.29 is 4.79 Å². The molecule has 0 radical (unpaired) electrons. The van der Waals surface area contributed by atoms with Crippen molar-refractivity contribution in [1.82, 2.24) is 0 Å². The molecular weight excluding hydrogens is 200 g/mol. The maximum Gasteiger partial charge on any atom is 0.152 e. The lowest BCUT2D eigenvalue weighted by atomic mass is 9.88. The van der Waals surface area contributed by atoms with Crippen LogP contribution in [0.4, 0.5) is 0 Å². The molecule has 76 valence electrons. The highest BCUT2D eigenvalue weighted by Gasteiger charge is 2.35. The van der Waals surface area contributed by atoms with Crippen molar-refractivity contribution >= 4 is 29.3 Å². The van der Waals surface area contributed by atoms with Crippen LogP contribution >= 0.6 is 23.5 Å². The number of carbonyl (C=O) groups excluding carboxylic acids is 1. The lowest BCUT2D eigenvalue weighted by molar-refractivity contribution is -0.125. The quantitative estimate of drug-likeness (QED) is 0.674. The number of hydrogen-bond donors (Lipinski definition) is 0.